The molecule has 9 nitrogen and oxygen atoms in total. The Morgan fingerprint density at radius 1 is 1.21 bits per heavy atom. The second kappa shape index (κ2) is 10.3. The third kappa shape index (κ3) is 6.41. The van der Waals surface area contributed by atoms with Crippen molar-refractivity contribution >= 4 is 22.1 Å². The fourth-order valence-corrected chi connectivity index (χ4v) is 4.07. The molecule has 0 bridgehead atoms. The zero-order valence-corrected chi connectivity index (χ0v) is 16.2. The summed E-state index contributed by atoms with van der Waals surface area (Å²) in [5, 5.41) is 11.6. The lowest BCUT2D eigenvalue weighted by atomic mass is 10.1. The van der Waals surface area contributed by atoms with Crippen LogP contribution in [0.25, 0.3) is 0 Å². The first-order valence-electron chi connectivity index (χ1n) is 8.86. The van der Waals surface area contributed by atoms with Gasteiger partial charge >= 0.3 is 5.97 Å². The summed E-state index contributed by atoms with van der Waals surface area (Å²) in [5.74, 6) is -1.93. The number of carboxylic acids is 1. The number of hydrogen-bond donors (Lipinski definition) is 3. The molecule has 1 aromatic carbocycles. The second-order valence-electron chi connectivity index (χ2n) is 6.30. The van der Waals surface area contributed by atoms with Crippen LogP contribution in [0.15, 0.2) is 43.0 Å². The van der Waals surface area contributed by atoms with E-state index in [1.165, 1.54) is 10.4 Å². The van der Waals surface area contributed by atoms with Crippen LogP contribution >= 0.6 is 0 Å². The van der Waals surface area contributed by atoms with Crippen molar-refractivity contribution in [2.24, 2.45) is 0 Å². The van der Waals surface area contributed by atoms with E-state index in [1.807, 2.05) is 0 Å². The number of hydrogen-bond acceptors (Lipinski definition) is 5. The standard InChI is InChI=1S/C18H25N3O6S/c1-2-6-15(18(23)24)19-17(22)16(13-14-7-4-3-5-8-14)20-28(25,26)21-9-11-27-12-10-21/h2-5,7-8,15-16,20H,1,6,9-13H2,(H,19,22)(H,23,24)/t15-,16-/m0/s1. The molecule has 0 spiro atoms. The number of morpholine rings is 1. The fraction of sp³-hybridized carbons (Fsp3) is 0.444. The van der Waals surface area contributed by atoms with Gasteiger partial charge in [-0.2, -0.15) is 17.4 Å². The third-order valence-electron chi connectivity index (χ3n) is 4.22. The van der Waals surface area contributed by atoms with Gasteiger partial charge in [-0.1, -0.05) is 36.4 Å². The summed E-state index contributed by atoms with van der Waals surface area (Å²) < 4.78 is 34.1. The van der Waals surface area contributed by atoms with Crippen molar-refractivity contribution in [3.05, 3.63) is 48.6 Å². The smallest absolute Gasteiger partial charge is 0.326 e. The molecule has 1 fully saturated rings. The van der Waals surface area contributed by atoms with Gasteiger partial charge in [0.15, 0.2) is 0 Å². The number of carbonyl (C=O) groups is 2. The number of benzene rings is 1. The lowest BCUT2D eigenvalue weighted by Gasteiger charge is -2.28. The van der Waals surface area contributed by atoms with E-state index >= 15 is 0 Å². The molecule has 0 unspecified atom stereocenters. The Morgan fingerprint density at radius 3 is 2.43 bits per heavy atom. The first-order valence-corrected chi connectivity index (χ1v) is 10.3. The van der Waals surface area contributed by atoms with E-state index in [2.05, 4.69) is 16.6 Å². The van der Waals surface area contributed by atoms with Gasteiger partial charge in [0.2, 0.25) is 5.91 Å². The zero-order chi connectivity index (χ0) is 20.6. The summed E-state index contributed by atoms with van der Waals surface area (Å²) in [6, 6.07) is 6.54. The normalized spacial score (nSPS) is 17.4. The molecule has 0 aliphatic carbocycles. The van der Waals surface area contributed by atoms with Crippen molar-refractivity contribution in [2.75, 3.05) is 26.3 Å². The molecule has 1 aliphatic heterocycles. The van der Waals surface area contributed by atoms with Gasteiger partial charge in [-0.15, -0.1) is 6.58 Å². The number of amides is 1. The van der Waals surface area contributed by atoms with Crippen molar-refractivity contribution in [3.8, 4) is 0 Å². The van der Waals surface area contributed by atoms with Gasteiger partial charge in [0.25, 0.3) is 10.2 Å². The molecule has 154 valence electrons. The molecule has 2 rings (SSSR count). The van der Waals surface area contributed by atoms with Crippen LogP contribution in [0.5, 0.6) is 0 Å². The average molecular weight is 411 g/mol. The highest BCUT2D eigenvalue weighted by Gasteiger charge is 2.32. The van der Waals surface area contributed by atoms with Crippen molar-refractivity contribution in [1.29, 1.82) is 0 Å². The molecular weight excluding hydrogens is 386 g/mol. The van der Waals surface area contributed by atoms with Gasteiger partial charge in [-0.25, -0.2) is 4.79 Å². The van der Waals surface area contributed by atoms with Crippen molar-refractivity contribution in [3.63, 3.8) is 0 Å². The Kier molecular flexibility index (Phi) is 8.12. The van der Waals surface area contributed by atoms with E-state index in [4.69, 9.17) is 4.74 Å². The summed E-state index contributed by atoms with van der Waals surface area (Å²) in [4.78, 5) is 24.0. The third-order valence-corrected chi connectivity index (χ3v) is 5.84. The molecule has 0 aromatic heterocycles. The number of rotatable bonds is 10. The fourth-order valence-electron chi connectivity index (χ4n) is 2.74. The Balaban J connectivity index is 2.19. The van der Waals surface area contributed by atoms with Gasteiger partial charge in [0.05, 0.1) is 13.2 Å². The van der Waals surface area contributed by atoms with E-state index in [0.29, 0.717) is 0 Å². The van der Waals surface area contributed by atoms with Gasteiger partial charge in [-0.05, 0) is 18.4 Å². The molecule has 0 saturated carbocycles. The van der Waals surface area contributed by atoms with Crippen LogP contribution in [0.3, 0.4) is 0 Å². The first kappa shape index (κ1) is 22.0. The Labute approximate surface area is 164 Å². The minimum atomic E-state index is -3.94. The van der Waals surface area contributed by atoms with E-state index in [-0.39, 0.29) is 39.1 Å². The molecular formula is C18H25N3O6S. The van der Waals surface area contributed by atoms with Crippen molar-refractivity contribution < 1.29 is 27.9 Å². The number of carbonyl (C=O) groups excluding carboxylic acids is 1. The number of nitrogens with zero attached hydrogens (tertiary/aromatic N) is 1. The van der Waals surface area contributed by atoms with Crippen LogP contribution in [0.1, 0.15) is 12.0 Å². The second-order valence-corrected chi connectivity index (χ2v) is 8.00. The molecule has 1 heterocycles. The van der Waals surface area contributed by atoms with E-state index < -0.39 is 34.2 Å². The molecule has 1 aliphatic rings. The summed E-state index contributed by atoms with van der Waals surface area (Å²) in [7, 11) is -3.94. The van der Waals surface area contributed by atoms with Crippen LogP contribution in [0.4, 0.5) is 0 Å². The predicted molar refractivity (Wildman–Crippen MR) is 103 cm³/mol. The highest BCUT2D eigenvalue weighted by atomic mass is 32.2. The largest absolute Gasteiger partial charge is 0.480 e. The van der Waals surface area contributed by atoms with Crippen LogP contribution < -0.4 is 10.0 Å². The summed E-state index contributed by atoms with van der Waals surface area (Å²) in [6.45, 7) is 4.40. The quantitative estimate of drug-likeness (QED) is 0.462. The Bertz CT molecular complexity index is 778. The maximum atomic E-state index is 12.7. The molecule has 0 radical (unpaired) electrons. The van der Waals surface area contributed by atoms with Crippen LogP contribution in [0.2, 0.25) is 0 Å². The maximum absolute atomic E-state index is 12.7. The lowest BCUT2D eigenvalue weighted by molar-refractivity contribution is -0.141. The zero-order valence-electron chi connectivity index (χ0n) is 15.4. The lowest BCUT2D eigenvalue weighted by Crippen LogP contribution is -2.56. The topological polar surface area (TPSA) is 125 Å². The maximum Gasteiger partial charge on any atom is 0.326 e. The van der Waals surface area contributed by atoms with E-state index in [9.17, 15) is 23.1 Å². The summed E-state index contributed by atoms with van der Waals surface area (Å²) >= 11 is 0. The minimum Gasteiger partial charge on any atom is -0.480 e. The Hall–Kier alpha value is -2.27. The highest BCUT2D eigenvalue weighted by molar-refractivity contribution is 7.87. The van der Waals surface area contributed by atoms with Gasteiger partial charge in [0.1, 0.15) is 12.1 Å². The molecule has 3 N–H and O–H groups in total. The molecule has 28 heavy (non-hydrogen) atoms. The van der Waals surface area contributed by atoms with Crippen LogP contribution in [-0.2, 0) is 31.0 Å². The minimum absolute atomic E-state index is 0.0232. The molecule has 1 saturated heterocycles. The number of aliphatic carboxylic acids is 1. The molecule has 1 aromatic rings. The Morgan fingerprint density at radius 2 is 1.86 bits per heavy atom. The highest BCUT2D eigenvalue weighted by Crippen LogP contribution is 2.09. The van der Waals surface area contributed by atoms with E-state index in [1.54, 1.807) is 30.3 Å². The van der Waals surface area contributed by atoms with Crippen molar-refractivity contribution in [1.82, 2.24) is 14.3 Å². The summed E-state index contributed by atoms with van der Waals surface area (Å²) in [5.41, 5.74) is 0.739. The number of nitrogens with one attached hydrogen (secondary N) is 2. The van der Waals surface area contributed by atoms with Gasteiger partial charge in [-0.3, -0.25) is 4.79 Å². The molecule has 10 heteroatoms. The van der Waals surface area contributed by atoms with Crippen molar-refractivity contribution in [2.45, 2.75) is 24.9 Å². The number of carboxylic acid groups (broad SMARTS) is 1. The van der Waals surface area contributed by atoms with Gasteiger partial charge < -0.3 is 15.2 Å². The van der Waals surface area contributed by atoms with Crippen LogP contribution in [0, 0.1) is 0 Å². The van der Waals surface area contributed by atoms with Crippen LogP contribution in [-0.4, -0.2) is 68.1 Å². The molecule has 2 atom stereocenters. The van der Waals surface area contributed by atoms with Gasteiger partial charge in [0, 0.05) is 13.1 Å². The average Bonchev–Trinajstić information content (AvgIpc) is 2.68. The SMILES string of the molecule is C=CC[C@H](NC(=O)[C@H](Cc1ccccc1)NS(=O)(=O)N1CCOCC1)C(=O)O. The summed E-state index contributed by atoms with van der Waals surface area (Å²) in [6.07, 6.45) is 1.48. The molecule has 1 amide bonds. The van der Waals surface area contributed by atoms with E-state index in [0.717, 1.165) is 5.56 Å². The predicted octanol–water partition coefficient (Wildman–Crippen LogP) is -0.0902. The number of ether oxygens (including phenoxy) is 1. The first-order chi connectivity index (χ1) is 13.3. The monoisotopic (exact) mass is 411 g/mol.